The number of hydrogen-bond acceptors (Lipinski definition) is 7. The Morgan fingerprint density at radius 3 is 2.25 bits per heavy atom. The van der Waals surface area contributed by atoms with Crippen molar-refractivity contribution in [3.63, 3.8) is 0 Å². The second-order valence-electron chi connectivity index (χ2n) is 2.59. The van der Waals surface area contributed by atoms with Gasteiger partial charge in [-0.15, -0.1) is 0 Å². The van der Waals surface area contributed by atoms with Crippen LogP contribution in [0.15, 0.2) is 17.0 Å². The fourth-order valence-corrected chi connectivity index (χ4v) is 1.55. The minimum Gasteiger partial charge on any atom is -0.744 e. The molecular weight excluding hydrogens is 267 g/mol. The molecule has 10 heteroatoms. The molecule has 0 atom stereocenters. The molecule has 0 amide bonds. The summed E-state index contributed by atoms with van der Waals surface area (Å²) in [5, 5.41) is 19.4. The summed E-state index contributed by atoms with van der Waals surface area (Å²) in [6.45, 7) is 0. The number of anilines is 1. The Labute approximate surface area is 133 Å². The van der Waals surface area contributed by atoms with Gasteiger partial charge in [0.2, 0.25) is 0 Å². The number of nitrogens with zero attached hydrogens (tertiary/aromatic N) is 1. The SMILES string of the molecule is Nc1c(O)cc([N+](=O)[O-])cc1S(=O)(=O)[O-].[K+]. The number of nitrogen functional groups attached to an aromatic ring is 1. The zero-order valence-electron chi connectivity index (χ0n) is 8.08. The van der Waals surface area contributed by atoms with Crippen molar-refractivity contribution in [3.8, 4) is 5.75 Å². The van der Waals surface area contributed by atoms with Crippen molar-refractivity contribution in [1.82, 2.24) is 0 Å². The zero-order chi connectivity index (χ0) is 11.8. The van der Waals surface area contributed by atoms with E-state index in [1.54, 1.807) is 0 Å². The molecule has 0 aliphatic carbocycles. The summed E-state index contributed by atoms with van der Waals surface area (Å²) in [4.78, 5) is 8.34. The second kappa shape index (κ2) is 5.40. The van der Waals surface area contributed by atoms with Gasteiger partial charge in [0.05, 0.1) is 21.6 Å². The molecule has 1 rings (SSSR count). The number of phenols is 1. The van der Waals surface area contributed by atoms with Gasteiger partial charge in [-0.1, -0.05) is 0 Å². The third kappa shape index (κ3) is 3.38. The first-order valence-corrected chi connectivity index (χ1v) is 4.87. The van der Waals surface area contributed by atoms with E-state index in [0.717, 1.165) is 0 Å². The van der Waals surface area contributed by atoms with E-state index < -0.39 is 37.1 Å². The number of aromatic hydroxyl groups is 1. The molecule has 0 heterocycles. The largest absolute Gasteiger partial charge is 1.00 e. The summed E-state index contributed by atoms with van der Waals surface area (Å²) >= 11 is 0. The van der Waals surface area contributed by atoms with Crippen molar-refractivity contribution in [3.05, 3.63) is 22.2 Å². The maximum atomic E-state index is 10.6. The monoisotopic (exact) mass is 272 g/mol. The molecule has 0 saturated carbocycles. The molecule has 3 N–H and O–H groups in total. The van der Waals surface area contributed by atoms with Gasteiger partial charge in [0.15, 0.2) is 0 Å². The van der Waals surface area contributed by atoms with Crippen LogP contribution >= 0.6 is 0 Å². The van der Waals surface area contributed by atoms with Crippen LogP contribution in [-0.4, -0.2) is 23.0 Å². The van der Waals surface area contributed by atoms with Crippen LogP contribution in [0.1, 0.15) is 0 Å². The third-order valence-electron chi connectivity index (χ3n) is 1.59. The normalized spacial score (nSPS) is 10.6. The van der Waals surface area contributed by atoms with Crippen molar-refractivity contribution < 1.29 is 74.4 Å². The fourth-order valence-electron chi connectivity index (χ4n) is 0.910. The molecule has 0 spiro atoms. The fraction of sp³-hybridized carbons (Fsp3) is 0. The standard InChI is InChI=1S/C6H6N2O6S.K/c7-6-4(9)1-3(8(10)11)2-5(6)15(12,13)14;/h1-2,9H,7H2,(H,12,13,14);/q;+1/p-1. The summed E-state index contributed by atoms with van der Waals surface area (Å²) < 4.78 is 31.8. The van der Waals surface area contributed by atoms with Gasteiger partial charge in [0.1, 0.15) is 15.9 Å². The van der Waals surface area contributed by atoms with Crippen LogP contribution in [0.5, 0.6) is 5.75 Å². The molecular formula is C6H5KN2O6S. The molecule has 0 aliphatic rings. The molecule has 1 aromatic rings. The first kappa shape index (κ1) is 15.8. The summed E-state index contributed by atoms with van der Waals surface area (Å²) in [6, 6.07) is 1.15. The number of benzene rings is 1. The van der Waals surface area contributed by atoms with E-state index in [4.69, 9.17) is 10.8 Å². The van der Waals surface area contributed by atoms with E-state index >= 15 is 0 Å². The smallest absolute Gasteiger partial charge is 0.744 e. The average Bonchev–Trinajstić information content (AvgIpc) is 2.06. The number of non-ortho nitro benzene ring substituents is 1. The van der Waals surface area contributed by atoms with E-state index in [0.29, 0.717) is 12.1 Å². The van der Waals surface area contributed by atoms with Crippen LogP contribution < -0.4 is 57.1 Å². The second-order valence-corrected chi connectivity index (χ2v) is 3.94. The van der Waals surface area contributed by atoms with E-state index in [9.17, 15) is 23.1 Å². The van der Waals surface area contributed by atoms with Gasteiger partial charge in [-0.3, -0.25) is 10.1 Å². The van der Waals surface area contributed by atoms with Gasteiger partial charge in [-0.05, 0) is 0 Å². The van der Waals surface area contributed by atoms with E-state index in [1.165, 1.54) is 0 Å². The Morgan fingerprint density at radius 1 is 1.38 bits per heavy atom. The molecule has 0 unspecified atom stereocenters. The summed E-state index contributed by atoms with van der Waals surface area (Å²) in [6.07, 6.45) is 0. The van der Waals surface area contributed by atoms with E-state index in [2.05, 4.69) is 0 Å². The van der Waals surface area contributed by atoms with Crippen molar-refractivity contribution in [2.45, 2.75) is 4.90 Å². The molecule has 16 heavy (non-hydrogen) atoms. The van der Waals surface area contributed by atoms with Gasteiger partial charge < -0.3 is 15.4 Å². The number of nitro groups is 1. The number of nitrogens with two attached hydrogens (primary N) is 1. The Morgan fingerprint density at radius 2 is 1.88 bits per heavy atom. The first-order chi connectivity index (χ1) is 6.73. The number of hydrogen-bond donors (Lipinski definition) is 2. The summed E-state index contributed by atoms with van der Waals surface area (Å²) in [5.41, 5.74) is 3.66. The van der Waals surface area contributed by atoms with Gasteiger partial charge in [0, 0.05) is 6.07 Å². The Balaban J connectivity index is 0.00000225. The third-order valence-corrected chi connectivity index (χ3v) is 2.46. The predicted octanol–water partition coefficient (Wildman–Crippen LogP) is -3.21. The molecule has 0 bridgehead atoms. The van der Waals surface area contributed by atoms with Gasteiger partial charge in [-0.25, -0.2) is 8.42 Å². The molecule has 8 nitrogen and oxygen atoms in total. The molecule has 0 saturated heterocycles. The Bertz CT molecular complexity index is 528. The predicted molar refractivity (Wildman–Crippen MR) is 47.1 cm³/mol. The molecule has 82 valence electrons. The average molecular weight is 272 g/mol. The molecule has 0 radical (unpaired) electrons. The van der Waals surface area contributed by atoms with Gasteiger partial charge in [-0.2, -0.15) is 0 Å². The number of nitro benzene ring substituents is 1. The van der Waals surface area contributed by atoms with Gasteiger partial charge >= 0.3 is 51.4 Å². The van der Waals surface area contributed by atoms with Crippen LogP contribution in [0.3, 0.4) is 0 Å². The van der Waals surface area contributed by atoms with Crippen molar-refractivity contribution in [2.24, 2.45) is 0 Å². The van der Waals surface area contributed by atoms with Crippen molar-refractivity contribution >= 4 is 21.5 Å². The summed E-state index contributed by atoms with van der Waals surface area (Å²) in [5.74, 6) is -0.821. The van der Waals surface area contributed by atoms with Crippen LogP contribution in [-0.2, 0) is 10.1 Å². The number of rotatable bonds is 2. The molecule has 0 aromatic heterocycles. The van der Waals surface area contributed by atoms with Crippen LogP contribution in [0.2, 0.25) is 0 Å². The molecule has 1 aromatic carbocycles. The van der Waals surface area contributed by atoms with Gasteiger partial charge in [0.25, 0.3) is 5.69 Å². The zero-order valence-corrected chi connectivity index (χ0v) is 12.0. The van der Waals surface area contributed by atoms with Crippen molar-refractivity contribution in [1.29, 1.82) is 0 Å². The van der Waals surface area contributed by atoms with E-state index in [-0.39, 0.29) is 51.4 Å². The topological polar surface area (TPSA) is 147 Å². The Hall–Kier alpha value is -0.234. The van der Waals surface area contributed by atoms with Crippen LogP contribution in [0.25, 0.3) is 0 Å². The maximum absolute atomic E-state index is 10.6. The van der Waals surface area contributed by atoms with E-state index in [1.807, 2.05) is 0 Å². The first-order valence-electron chi connectivity index (χ1n) is 3.46. The minimum absolute atomic E-state index is 0. The molecule has 0 fully saturated rings. The number of phenolic OH excluding ortho intramolecular Hbond substituents is 1. The Kier molecular flexibility index (Phi) is 5.32. The molecule has 0 aliphatic heterocycles. The summed E-state index contributed by atoms with van der Waals surface area (Å²) in [7, 11) is -4.95. The van der Waals surface area contributed by atoms with Crippen LogP contribution in [0, 0.1) is 10.1 Å². The quantitative estimate of drug-likeness (QED) is 0.144. The van der Waals surface area contributed by atoms with Crippen LogP contribution in [0.4, 0.5) is 11.4 Å². The van der Waals surface area contributed by atoms with Crippen molar-refractivity contribution in [2.75, 3.05) is 5.73 Å². The maximum Gasteiger partial charge on any atom is 1.00 e. The minimum atomic E-state index is -4.95.